The molecule has 1 aliphatic heterocycles. The largest absolute Gasteiger partial charge is 0.378 e. The number of hydrogen-bond acceptors (Lipinski definition) is 2. The third kappa shape index (κ3) is 2.23. The van der Waals surface area contributed by atoms with Crippen LogP contribution in [0.5, 0.6) is 0 Å². The third-order valence-corrected chi connectivity index (χ3v) is 1.80. The van der Waals surface area contributed by atoms with Crippen LogP contribution in [0.1, 0.15) is 19.3 Å². The lowest BCUT2D eigenvalue weighted by Gasteiger charge is -2.10. The maximum Gasteiger partial charge on any atom is 0.115 e. The fourth-order valence-electron chi connectivity index (χ4n) is 1.21. The van der Waals surface area contributed by atoms with Gasteiger partial charge in [0.15, 0.2) is 0 Å². The molecule has 0 saturated carbocycles. The topological polar surface area (TPSA) is 35.2 Å². The Bertz CT molecular complexity index is 93.6. The first-order valence-electron chi connectivity index (χ1n) is 3.78. The first-order chi connectivity index (χ1) is 4.83. The van der Waals surface area contributed by atoms with Gasteiger partial charge in [0.25, 0.3) is 0 Å². The van der Waals surface area contributed by atoms with Crippen LogP contribution in [0.15, 0.2) is 0 Å². The smallest absolute Gasteiger partial charge is 0.115 e. The van der Waals surface area contributed by atoms with Crippen molar-refractivity contribution in [2.75, 3.05) is 13.2 Å². The molecular formula is C7H14FNO. The minimum Gasteiger partial charge on any atom is -0.378 e. The Kier molecular flexibility index (Phi) is 3.09. The summed E-state index contributed by atoms with van der Waals surface area (Å²) < 4.78 is 17.8. The van der Waals surface area contributed by atoms with E-state index in [1.54, 1.807) is 0 Å². The molecule has 0 spiro atoms. The van der Waals surface area contributed by atoms with Gasteiger partial charge in [-0.05, 0) is 12.8 Å². The molecule has 0 radical (unpaired) electrons. The lowest BCUT2D eigenvalue weighted by atomic mass is 10.1. The van der Waals surface area contributed by atoms with Crippen LogP contribution in [0.25, 0.3) is 0 Å². The summed E-state index contributed by atoms with van der Waals surface area (Å²) in [5.41, 5.74) is 5.12. The number of halogens is 1. The summed E-state index contributed by atoms with van der Waals surface area (Å²) in [6.45, 7) is 0.918. The molecule has 0 aliphatic carbocycles. The zero-order chi connectivity index (χ0) is 7.40. The predicted octanol–water partition coefficient (Wildman–Crippen LogP) is 0.852. The lowest BCUT2D eigenvalue weighted by molar-refractivity contribution is 0.0825. The molecule has 10 heavy (non-hydrogen) atoms. The van der Waals surface area contributed by atoms with Crippen molar-refractivity contribution in [1.82, 2.24) is 0 Å². The Morgan fingerprint density at radius 2 is 2.50 bits per heavy atom. The van der Waals surface area contributed by atoms with Crippen LogP contribution in [0.2, 0.25) is 0 Å². The Morgan fingerprint density at radius 3 is 3.00 bits per heavy atom. The van der Waals surface area contributed by atoms with E-state index in [2.05, 4.69) is 0 Å². The van der Waals surface area contributed by atoms with Crippen molar-refractivity contribution in [3.05, 3.63) is 0 Å². The lowest BCUT2D eigenvalue weighted by Crippen LogP contribution is -2.21. The molecule has 2 nitrogen and oxygen atoms in total. The first-order valence-corrected chi connectivity index (χ1v) is 3.78. The normalized spacial score (nSPS) is 28.8. The Morgan fingerprint density at radius 1 is 1.70 bits per heavy atom. The molecule has 1 aliphatic rings. The quantitative estimate of drug-likeness (QED) is 0.642. The highest BCUT2D eigenvalue weighted by atomic mass is 19.1. The number of alkyl halides is 1. The number of rotatable bonds is 3. The van der Waals surface area contributed by atoms with E-state index in [1.165, 1.54) is 0 Å². The molecule has 2 N–H and O–H groups in total. The van der Waals surface area contributed by atoms with Crippen LogP contribution in [-0.4, -0.2) is 25.4 Å². The van der Waals surface area contributed by atoms with Gasteiger partial charge in [-0.1, -0.05) is 0 Å². The van der Waals surface area contributed by atoms with Crippen molar-refractivity contribution >= 4 is 0 Å². The predicted molar refractivity (Wildman–Crippen MR) is 37.5 cm³/mol. The van der Waals surface area contributed by atoms with Crippen LogP contribution in [0, 0.1) is 0 Å². The summed E-state index contributed by atoms with van der Waals surface area (Å²) in [7, 11) is 0. The molecule has 0 aromatic heterocycles. The van der Waals surface area contributed by atoms with Gasteiger partial charge in [0.05, 0.1) is 6.10 Å². The second kappa shape index (κ2) is 3.88. The minimum atomic E-state index is -0.872. The second-order valence-corrected chi connectivity index (χ2v) is 2.70. The van der Waals surface area contributed by atoms with Gasteiger partial charge in [0, 0.05) is 19.6 Å². The molecule has 0 aromatic carbocycles. The van der Waals surface area contributed by atoms with E-state index in [0.29, 0.717) is 6.42 Å². The van der Waals surface area contributed by atoms with Gasteiger partial charge in [0.1, 0.15) is 6.17 Å². The maximum absolute atomic E-state index is 12.6. The molecule has 0 unspecified atom stereocenters. The fraction of sp³-hybridized carbons (Fsp3) is 1.00. The Hall–Kier alpha value is -0.150. The number of ether oxygens (including phenoxy) is 1. The molecule has 0 aromatic rings. The number of hydrogen-bond donors (Lipinski definition) is 1. The van der Waals surface area contributed by atoms with Crippen molar-refractivity contribution in [3.63, 3.8) is 0 Å². The van der Waals surface area contributed by atoms with Gasteiger partial charge in [-0.15, -0.1) is 0 Å². The van der Waals surface area contributed by atoms with E-state index in [0.717, 1.165) is 19.4 Å². The molecule has 1 saturated heterocycles. The molecule has 0 amide bonds. The summed E-state index contributed by atoms with van der Waals surface area (Å²) in [4.78, 5) is 0. The van der Waals surface area contributed by atoms with Crippen LogP contribution < -0.4 is 5.73 Å². The third-order valence-electron chi connectivity index (χ3n) is 1.80. The monoisotopic (exact) mass is 147 g/mol. The summed E-state index contributed by atoms with van der Waals surface area (Å²) in [6, 6.07) is 0. The highest BCUT2D eigenvalue weighted by molar-refractivity contribution is 4.69. The molecule has 3 heteroatoms. The van der Waals surface area contributed by atoms with Crippen molar-refractivity contribution in [2.24, 2.45) is 5.73 Å². The average Bonchev–Trinajstić information content (AvgIpc) is 2.40. The van der Waals surface area contributed by atoms with Gasteiger partial charge in [-0.3, -0.25) is 0 Å². The summed E-state index contributed by atoms with van der Waals surface area (Å²) >= 11 is 0. The first kappa shape index (κ1) is 7.95. The van der Waals surface area contributed by atoms with Crippen molar-refractivity contribution in [1.29, 1.82) is 0 Å². The molecule has 1 fully saturated rings. The van der Waals surface area contributed by atoms with Crippen LogP contribution in [0.3, 0.4) is 0 Å². The van der Waals surface area contributed by atoms with Crippen LogP contribution in [0.4, 0.5) is 4.39 Å². The SMILES string of the molecule is NC[C@@H](F)C[C@@H]1CCCO1. The van der Waals surface area contributed by atoms with Gasteiger partial charge in [0.2, 0.25) is 0 Å². The van der Waals surface area contributed by atoms with Gasteiger partial charge in [-0.25, -0.2) is 4.39 Å². The van der Waals surface area contributed by atoms with Gasteiger partial charge >= 0.3 is 0 Å². The minimum absolute atomic E-state index is 0.125. The zero-order valence-corrected chi connectivity index (χ0v) is 6.05. The van der Waals surface area contributed by atoms with E-state index in [4.69, 9.17) is 10.5 Å². The summed E-state index contributed by atoms with van der Waals surface area (Å²) in [6.07, 6.45) is 1.82. The fourth-order valence-corrected chi connectivity index (χ4v) is 1.21. The average molecular weight is 147 g/mol. The van der Waals surface area contributed by atoms with E-state index >= 15 is 0 Å². The molecule has 1 heterocycles. The van der Waals surface area contributed by atoms with Gasteiger partial charge < -0.3 is 10.5 Å². The number of nitrogens with two attached hydrogens (primary N) is 1. The summed E-state index contributed by atoms with van der Waals surface area (Å²) in [5, 5.41) is 0. The molecular weight excluding hydrogens is 133 g/mol. The Labute approximate surface area is 60.5 Å². The second-order valence-electron chi connectivity index (χ2n) is 2.70. The van der Waals surface area contributed by atoms with E-state index in [-0.39, 0.29) is 12.6 Å². The van der Waals surface area contributed by atoms with Gasteiger partial charge in [-0.2, -0.15) is 0 Å². The van der Waals surface area contributed by atoms with Crippen molar-refractivity contribution < 1.29 is 9.13 Å². The van der Waals surface area contributed by atoms with Crippen LogP contribution >= 0.6 is 0 Å². The molecule has 2 atom stereocenters. The van der Waals surface area contributed by atoms with E-state index in [1.807, 2.05) is 0 Å². The molecule has 60 valence electrons. The highest BCUT2D eigenvalue weighted by Crippen LogP contribution is 2.17. The zero-order valence-electron chi connectivity index (χ0n) is 6.05. The molecule has 1 rings (SSSR count). The summed E-state index contributed by atoms with van der Waals surface area (Å²) in [5.74, 6) is 0. The van der Waals surface area contributed by atoms with Crippen LogP contribution in [-0.2, 0) is 4.74 Å². The maximum atomic E-state index is 12.6. The van der Waals surface area contributed by atoms with Crippen molar-refractivity contribution in [2.45, 2.75) is 31.5 Å². The van der Waals surface area contributed by atoms with E-state index in [9.17, 15) is 4.39 Å². The standard InChI is InChI=1S/C7H14FNO/c8-6(5-9)4-7-2-1-3-10-7/h6-7H,1-5,9H2/t6-,7-/m0/s1. The van der Waals surface area contributed by atoms with Crippen molar-refractivity contribution in [3.8, 4) is 0 Å². The van der Waals surface area contributed by atoms with E-state index < -0.39 is 6.17 Å². The molecule has 0 bridgehead atoms. The Balaban J connectivity index is 2.11. The highest BCUT2D eigenvalue weighted by Gasteiger charge is 2.19.